The fourth-order valence-corrected chi connectivity index (χ4v) is 2.56. The molecule has 1 heterocycles. The number of benzene rings is 2. The van der Waals surface area contributed by atoms with Crippen LogP contribution in [0.3, 0.4) is 0 Å². The van der Waals surface area contributed by atoms with E-state index in [9.17, 15) is 31.5 Å². The summed E-state index contributed by atoms with van der Waals surface area (Å²) >= 11 is 0. The molecular formula is C18H12F5N3O2. The van der Waals surface area contributed by atoms with E-state index in [1.54, 1.807) is 6.92 Å². The molecule has 0 radical (unpaired) electrons. The first-order valence-electron chi connectivity index (χ1n) is 8.00. The van der Waals surface area contributed by atoms with Crippen LogP contribution in [0.15, 0.2) is 29.4 Å². The fourth-order valence-electron chi connectivity index (χ4n) is 2.56. The van der Waals surface area contributed by atoms with Crippen molar-refractivity contribution in [2.24, 2.45) is 5.10 Å². The minimum Gasteiger partial charge on any atom is -0.321 e. The molecule has 28 heavy (non-hydrogen) atoms. The second-order valence-electron chi connectivity index (χ2n) is 5.98. The van der Waals surface area contributed by atoms with Crippen LogP contribution in [0.2, 0.25) is 0 Å². The third kappa shape index (κ3) is 3.57. The number of nitrogens with zero attached hydrogens (tertiary/aromatic N) is 2. The van der Waals surface area contributed by atoms with E-state index in [-0.39, 0.29) is 35.3 Å². The molecular weight excluding hydrogens is 385 g/mol. The Hall–Kier alpha value is -3.30. The molecule has 0 aromatic heterocycles. The van der Waals surface area contributed by atoms with Crippen molar-refractivity contribution in [1.82, 2.24) is 0 Å². The van der Waals surface area contributed by atoms with Gasteiger partial charge in [0.25, 0.3) is 5.91 Å². The highest BCUT2D eigenvalue weighted by molar-refractivity contribution is 6.44. The van der Waals surface area contributed by atoms with Gasteiger partial charge in [0.05, 0.1) is 0 Å². The molecule has 2 aromatic carbocycles. The number of anilines is 2. The van der Waals surface area contributed by atoms with Crippen molar-refractivity contribution in [3.05, 3.63) is 58.9 Å². The standard InChI is InChI=1S/C18H12F5N3O2/c1-8-2-3-9(19)6-13(8)24-18(28)12-4-5-14(27)26(25-12)17-15(22)10(20)7-11(21)16(17)23/h2-3,6-7H,4-5H2,1H3,(H,24,28). The predicted octanol–water partition coefficient (Wildman–Crippen LogP) is 3.81. The van der Waals surface area contributed by atoms with E-state index in [1.165, 1.54) is 12.1 Å². The summed E-state index contributed by atoms with van der Waals surface area (Å²) in [6.45, 7) is 1.60. The number of aryl methyl sites for hydroxylation is 1. The lowest BCUT2D eigenvalue weighted by Crippen LogP contribution is -2.37. The summed E-state index contributed by atoms with van der Waals surface area (Å²) in [5.74, 6) is -9.50. The zero-order valence-corrected chi connectivity index (χ0v) is 14.3. The molecule has 0 unspecified atom stereocenters. The third-order valence-corrected chi connectivity index (χ3v) is 4.04. The highest BCUT2D eigenvalue weighted by atomic mass is 19.2. The maximum atomic E-state index is 14.0. The summed E-state index contributed by atoms with van der Waals surface area (Å²) in [5, 5.41) is 6.06. The van der Waals surface area contributed by atoms with Gasteiger partial charge in [-0.2, -0.15) is 10.1 Å². The van der Waals surface area contributed by atoms with Crippen molar-refractivity contribution >= 4 is 28.9 Å². The number of halogens is 5. The molecule has 0 spiro atoms. The van der Waals surface area contributed by atoms with Gasteiger partial charge in [0.1, 0.15) is 17.2 Å². The van der Waals surface area contributed by atoms with Gasteiger partial charge in [-0.15, -0.1) is 0 Å². The van der Waals surface area contributed by atoms with Gasteiger partial charge in [-0.05, 0) is 24.6 Å². The molecule has 10 heteroatoms. The molecule has 5 nitrogen and oxygen atoms in total. The number of nitrogens with one attached hydrogen (secondary N) is 1. The number of hydrazone groups is 1. The van der Waals surface area contributed by atoms with Gasteiger partial charge in [0.15, 0.2) is 23.3 Å². The maximum absolute atomic E-state index is 14.0. The lowest BCUT2D eigenvalue weighted by atomic mass is 10.1. The van der Waals surface area contributed by atoms with Crippen molar-refractivity contribution in [3.8, 4) is 0 Å². The smallest absolute Gasteiger partial charge is 0.271 e. The molecule has 0 aliphatic carbocycles. The molecule has 0 fully saturated rings. The Morgan fingerprint density at radius 3 is 2.32 bits per heavy atom. The van der Waals surface area contributed by atoms with Crippen LogP contribution in [0.25, 0.3) is 0 Å². The predicted molar refractivity (Wildman–Crippen MR) is 90.2 cm³/mol. The minimum absolute atomic E-state index is 0.00729. The van der Waals surface area contributed by atoms with Crippen molar-refractivity contribution in [2.75, 3.05) is 10.3 Å². The minimum atomic E-state index is -1.82. The zero-order valence-electron chi connectivity index (χ0n) is 14.3. The molecule has 1 N–H and O–H groups in total. The first-order valence-corrected chi connectivity index (χ1v) is 8.00. The maximum Gasteiger partial charge on any atom is 0.271 e. The zero-order chi connectivity index (χ0) is 20.6. The second kappa shape index (κ2) is 7.37. The van der Waals surface area contributed by atoms with Crippen LogP contribution in [-0.4, -0.2) is 17.5 Å². The van der Waals surface area contributed by atoms with Crippen molar-refractivity contribution in [2.45, 2.75) is 19.8 Å². The molecule has 2 amide bonds. The van der Waals surface area contributed by atoms with E-state index < -0.39 is 46.6 Å². The van der Waals surface area contributed by atoms with Crippen molar-refractivity contribution in [1.29, 1.82) is 0 Å². The number of rotatable bonds is 3. The molecule has 1 aliphatic rings. The Balaban J connectivity index is 1.97. The Bertz CT molecular complexity index is 997. The van der Waals surface area contributed by atoms with E-state index in [0.717, 1.165) is 6.07 Å². The Morgan fingerprint density at radius 1 is 1.04 bits per heavy atom. The molecule has 0 saturated heterocycles. The van der Waals surface area contributed by atoms with Gasteiger partial charge < -0.3 is 5.32 Å². The second-order valence-corrected chi connectivity index (χ2v) is 5.98. The number of hydrogen-bond donors (Lipinski definition) is 1. The van der Waals surface area contributed by atoms with Gasteiger partial charge >= 0.3 is 0 Å². The van der Waals surface area contributed by atoms with E-state index >= 15 is 0 Å². The van der Waals surface area contributed by atoms with Crippen LogP contribution < -0.4 is 10.3 Å². The average Bonchev–Trinajstić information content (AvgIpc) is 2.64. The quantitative estimate of drug-likeness (QED) is 0.633. The summed E-state index contributed by atoms with van der Waals surface area (Å²) in [4.78, 5) is 24.4. The first-order chi connectivity index (χ1) is 13.2. The average molecular weight is 397 g/mol. The van der Waals surface area contributed by atoms with E-state index in [1.807, 2.05) is 0 Å². The summed E-state index contributed by atoms with van der Waals surface area (Å²) in [7, 11) is 0. The summed E-state index contributed by atoms with van der Waals surface area (Å²) < 4.78 is 68.2. The third-order valence-electron chi connectivity index (χ3n) is 4.04. The van der Waals surface area contributed by atoms with Crippen LogP contribution >= 0.6 is 0 Å². The lowest BCUT2D eigenvalue weighted by molar-refractivity contribution is -0.118. The highest BCUT2D eigenvalue weighted by Crippen LogP contribution is 2.30. The lowest BCUT2D eigenvalue weighted by Gasteiger charge is -2.24. The normalized spacial score (nSPS) is 14.1. The molecule has 2 aromatic rings. The SMILES string of the molecule is Cc1ccc(F)cc1NC(=O)C1=NN(c2c(F)c(F)cc(F)c2F)C(=O)CC1. The van der Waals surface area contributed by atoms with Gasteiger partial charge in [-0.1, -0.05) is 6.07 Å². The number of carbonyl (C=O) groups excluding carboxylic acids is 2. The van der Waals surface area contributed by atoms with Crippen molar-refractivity contribution in [3.63, 3.8) is 0 Å². The molecule has 0 atom stereocenters. The summed E-state index contributed by atoms with van der Waals surface area (Å²) in [6.07, 6.45) is -0.567. The van der Waals surface area contributed by atoms with Crippen LogP contribution in [0.5, 0.6) is 0 Å². The van der Waals surface area contributed by atoms with E-state index in [2.05, 4.69) is 10.4 Å². The number of carbonyl (C=O) groups is 2. The number of amides is 2. The first kappa shape index (κ1) is 19.5. The fraction of sp³-hybridized carbons (Fsp3) is 0.167. The van der Waals surface area contributed by atoms with Crippen LogP contribution in [0, 0.1) is 36.0 Å². The van der Waals surface area contributed by atoms with Gasteiger partial charge in [0, 0.05) is 24.6 Å². The molecule has 0 bridgehead atoms. The van der Waals surface area contributed by atoms with Crippen LogP contribution in [0.1, 0.15) is 18.4 Å². The molecule has 146 valence electrons. The Labute approximate surface area is 155 Å². The summed E-state index contributed by atoms with van der Waals surface area (Å²) in [5.41, 5.74) is -1.02. The summed E-state index contributed by atoms with van der Waals surface area (Å²) in [6, 6.07) is 3.66. The van der Waals surface area contributed by atoms with Gasteiger partial charge in [0.2, 0.25) is 5.91 Å². The monoisotopic (exact) mass is 397 g/mol. The topological polar surface area (TPSA) is 61.8 Å². The largest absolute Gasteiger partial charge is 0.321 e. The van der Waals surface area contributed by atoms with E-state index in [0.29, 0.717) is 5.56 Å². The van der Waals surface area contributed by atoms with Gasteiger partial charge in [-0.3, -0.25) is 9.59 Å². The van der Waals surface area contributed by atoms with Crippen LogP contribution in [0.4, 0.5) is 33.3 Å². The van der Waals surface area contributed by atoms with Crippen molar-refractivity contribution < 1.29 is 31.5 Å². The van der Waals surface area contributed by atoms with Gasteiger partial charge in [-0.25, -0.2) is 22.0 Å². The van der Waals surface area contributed by atoms with Crippen LogP contribution in [-0.2, 0) is 9.59 Å². The Kier molecular flexibility index (Phi) is 5.12. The number of hydrogen-bond acceptors (Lipinski definition) is 3. The highest BCUT2D eigenvalue weighted by Gasteiger charge is 2.32. The Morgan fingerprint density at radius 2 is 1.68 bits per heavy atom. The van der Waals surface area contributed by atoms with E-state index in [4.69, 9.17) is 0 Å². The molecule has 1 aliphatic heterocycles. The molecule has 3 rings (SSSR count). The molecule has 0 saturated carbocycles.